The summed E-state index contributed by atoms with van der Waals surface area (Å²) in [7, 11) is 1.42. The fraction of sp³-hybridized carbons (Fsp3) is 0.154. The first-order valence-electron chi connectivity index (χ1n) is 10.4. The van der Waals surface area contributed by atoms with E-state index in [0.717, 1.165) is 5.56 Å². The summed E-state index contributed by atoms with van der Waals surface area (Å²) in [5, 5.41) is 10.4. The van der Waals surface area contributed by atoms with Gasteiger partial charge in [-0.2, -0.15) is 0 Å². The number of benzene rings is 3. The molecule has 1 aromatic heterocycles. The molecule has 1 aliphatic heterocycles. The number of aromatic hydroxyl groups is 1. The summed E-state index contributed by atoms with van der Waals surface area (Å²) >= 11 is 0. The van der Waals surface area contributed by atoms with E-state index >= 15 is 0 Å². The van der Waals surface area contributed by atoms with Crippen LogP contribution in [-0.4, -0.2) is 23.0 Å². The number of rotatable bonds is 4. The summed E-state index contributed by atoms with van der Waals surface area (Å²) in [5.74, 6) is -0.678. The summed E-state index contributed by atoms with van der Waals surface area (Å²) in [4.78, 5) is 28.6. The van der Waals surface area contributed by atoms with Crippen molar-refractivity contribution < 1.29 is 23.4 Å². The fourth-order valence-corrected chi connectivity index (χ4v) is 4.29. The number of nitrogens with zero attached hydrogens (tertiary/aromatic N) is 1. The van der Waals surface area contributed by atoms with Gasteiger partial charge in [0.2, 0.25) is 5.76 Å². The van der Waals surface area contributed by atoms with Crippen molar-refractivity contribution in [2.75, 3.05) is 7.11 Å². The summed E-state index contributed by atoms with van der Waals surface area (Å²) in [6, 6.07) is 15.0. The first kappa shape index (κ1) is 20.8. The predicted octanol–water partition coefficient (Wildman–Crippen LogP) is 4.70. The number of aryl methyl sites for hydroxylation is 1. The Morgan fingerprint density at radius 3 is 2.55 bits per heavy atom. The number of methoxy groups -OCH3 is 1. The van der Waals surface area contributed by atoms with Crippen LogP contribution in [0.2, 0.25) is 0 Å². The zero-order chi connectivity index (χ0) is 23.3. The number of halogens is 1. The van der Waals surface area contributed by atoms with Crippen molar-refractivity contribution in [2.24, 2.45) is 0 Å². The molecule has 5 rings (SSSR count). The number of fused-ring (bicyclic) bond motifs is 2. The highest BCUT2D eigenvalue weighted by Crippen LogP contribution is 2.41. The summed E-state index contributed by atoms with van der Waals surface area (Å²) in [5.41, 5.74) is 2.45. The van der Waals surface area contributed by atoms with Gasteiger partial charge < -0.3 is 19.2 Å². The Morgan fingerprint density at radius 2 is 1.82 bits per heavy atom. The van der Waals surface area contributed by atoms with Crippen molar-refractivity contribution >= 4 is 16.9 Å². The van der Waals surface area contributed by atoms with E-state index in [-0.39, 0.29) is 40.6 Å². The van der Waals surface area contributed by atoms with Crippen molar-refractivity contribution in [2.45, 2.75) is 19.5 Å². The first-order chi connectivity index (χ1) is 15.9. The minimum absolute atomic E-state index is 0.0180. The number of carbonyl (C=O) groups excluding carboxylic acids is 1. The Hall–Kier alpha value is -4.13. The van der Waals surface area contributed by atoms with E-state index in [1.54, 1.807) is 36.4 Å². The van der Waals surface area contributed by atoms with Gasteiger partial charge in [-0.05, 0) is 54.4 Å². The predicted molar refractivity (Wildman–Crippen MR) is 120 cm³/mol. The van der Waals surface area contributed by atoms with E-state index in [0.29, 0.717) is 22.1 Å². The van der Waals surface area contributed by atoms with E-state index < -0.39 is 11.9 Å². The molecule has 0 radical (unpaired) electrons. The number of ether oxygens (including phenoxy) is 1. The van der Waals surface area contributed by atoms with Gasteiger partial charge in [-0.1, -0.05) is 29.8 Å². The third-order valence-corrected chi connectivity index (χ3v) is 5.91. The SMILES string of the molecule is COc1cc(C2c3c(oc4ccc(C)cc4c3=O)C(=O)N2Cc2ccc(F)cc2)ccc1O. The highest BCUT2D eigenvalue weighted by Gasteiger charge is 2.43. The zero-order valence-corrected chi connectivity index (χ0v) is 18.0. The number of hydrogen-bond acceptors (Lipinski definition) is 5. The second-order valence-corrected chi connectivity index (χ2v) is 8.07. The van der Waals surface area contributed by atoms with Crippen LogP contribution in [0.15, 0.2) is 69.9 Å². The van der Waals surface area contributed by atoms with Crippen molar-refractivity contribution in [3.8, 4) is 11.5 Å². The van der Waals surface area contributed by atoms with Crippen LogP contribution in [0.3, 0.4) is 0 Å². The number of amides is 1. The number of carbonyl (C=O) groups is 1. The molecule has 3 aromatic carbocycles. The minimum atomic E-state index is -0.770. The zero-order valence-electron chi connectivity index (χ0n) is 18.0. The molecule has 0 saturated heterocycles. The molecule has 166 valence electrons. The maximum Gasteiger partial charge on any atom is 0.291 e. The van der Waals surface area contributed by atoms with Crippen LogP contribution in [0.1, 0.15) is 38.9 Å². The lowest BCUT2D eigenvalue weighted by molar-refractivity contribution is 0.0714. The standard InChI is InChI=1S/C26H20FNO5/c1-14-3-10-20-18(11-14)24(30)22-23(16-6-9-19(29)21(12-16)32-2)28(26(31)25(22)33-20)13-15-4-7-17(27)8-5-15/h3-12,23,29H,13H2,1-2H3. The van der Waals surface area contributed by atoms with Gasteiger partial charge in [0.15, 0.2) is 16.9 Å². The molecule has 1 unspecified atom stereocenters. The van der Waals surface area contributed by atoms with Crippen molar-refractivity contribution in [3.05, 3.63) is 105 Å². The molecule has 33 heavy (non-hydrogen) atoms. The lowest BCUT2D eigenvalue weighted by Gasteiger charge is -2.25. The fourth-order valence-electron chi connectivity index (χ4n) is 4.29. The molecule has 1 N–H and O–H groups in total. The van der Waals surface area contributed by atoms with Crippen LogP contribution < -0.4 is 10.2 Å². The summed E-state index contributed by atoms with van der Waals surface area (Å²) in [6.07, 6.45) is 0. The topological polar surface area (TPSA) is 80.0 Å². The third-order valence-electron chi connectivity index (χ3n) is 5.91. The second-order valence-electron chi connectivity index (χ2n) is 8.07. The van der Waals surface area contributed by atoms with Gasteiger partial charge in [0, 0.05) is 6.54 Å². The molecule has 0 fully saturated rings. The first-order valence-corrected chi connectivity index (χ1v) is 10.4. The summed E-state index contributed by atoms with van der Waals surface area (Å²) in [6.45, 7) is 2.01. The Morgan fingerprint density at radius 1 is 1.06 bits per heavy atom. The monoisotopic (exact) mass is 445 g/mol. The Balaban J connectivity index is 1.73. The maximum absolute atomic E-state index is 13.6. The minimum Gasteiger partial charge on any atom is -0.504 e. The molecular weight excluding hydrogens is 425 g/mol. The second kappa shape index (κ2) is 7.78. The molecule has 1 atom stereocenters. The van der Waals surface area contributed by atoms with E-state index in [9.17, 15) is 19.1 Å². The number of hydrogen-bond donors (Lipinski definition) is 1. The van der Waals surface area contributed by atoms with Gasteiger partial charge in [0.25, 0.3) is 5.91 Å². The molecule has 0 aliphatic carbocycles. The molecule has 0 saturated carbocycles. The maximum atomic E-state index is 13.6. The van der Waals surface area contributed by atoms with E-state index in [1.165, 1.54) is 30.2 Å². The molecule has 6 nitrogen and oxygen atoms in total. The third kappa shape index (κ3) is 3.42. The molecule has 4 aromatic rings. The van der Waals surface area contributed by atoms with Gasteiger partial charge in [-0.3, -0.25) is 9.59 Å². The smallest absolute Gasteiger partial charge is 0.291 e. The Labute approximate surface area is 188 Å². The van der Waals surface area contributed by atoms with Crippen LogP contribution >= 0.6 is 0 Å². The quantitative estimate of drug-likeness (QED) is 0.493. The number of phenols is 1. The highest BCUT2D eigenvalue weighted by atomic mass is 19.1. The largest absolute Gasteiger partial charge is 0.504 e. The molecule has 0 bridgehead atoms. The van der Waals surface area contributed by atoms with Crippen LogP contribution in [-0.2, 0) is 6.54 Å². The van der Waals surface area contributed by atoms with E-state index in [1.807, 2.05) is 13.0 Å². The highest BCUT2D eigenvalue weighted by molar-refractivity contribution is 5.99. The van der Waals surface area contributed by atoms with Crippen molar-refractivity contribution in [3.63, 3.8) is 0 Å². The molecule has 2 heterocycles. The molecule has 1 amide bonds. The molecule has 7 heteroatoms. The lowest BCUT2D eigenvalue weighted by atomic mass is 9.97. The Kier molecular flexibility index (Phi) is 4.89. The molecule has 1 aliphatic rings. The van der Waals surface area contributed by atoms with Crippen LogP contribution in [0.4, 0.5) is 4.39 Å². The molecule has 0 spiro atoms. The van der Waals surface area contributed by atoms with Crippen LogP contribution in [0.5, 0.6) is 11.5 Å². The number of phenolic OH excluding ortho intramolecular Hbond substituents is 1. The van der Waals surface area contributed by atoms with Crippen LogP contribution in [0, 0.1) is 12.7 Å². The molecular formula is C26H20FNO5. The van der Waals surface area contributed by atoms with Gasteiger partial charge in [-0.25, -0.2) is 4.39 Å². The normalized spacial score (nSPS) is 15.2. The van der Waals surface area contributed by atoms with E-state index in [2.05, 4.69) is 0 Å². The van der Waals surface area contributed by atoms with Gasteiger partial charge in [-0.15, -0.1) is 0 Å². The van der Waals surface area contributed by atoms with Crippen molar-refractivity contribution in [1.29, 1.82) is 0 Å². The Bertz CT molecular complexity index is 1460. The van der Waals surface area contributed by atoms with Crippen LogP contribution in [0.25, 0.3) is 11.0 Å². The van der Waals surface area contributed by atoms with Gasteiger partial charge in [0.05, 0.1) is 24.1 Å². The van der Waals surface area contributed by atoms with E-state index in [4.69, 9.17) is 9.15 Å². The average Bonchev–Trinajstić information content (AvgIpc) is 3.08. The van der Waals surface area contributed by atoms with Gasteiger partial charge >= 0.3 is 0 Å². The van der Waals surface area contributed by atoms with Gasteiger partial charge in [0.1, 0.15) is 11.4 Å². The average molecular weight is 445 g/mol. The van der Waals surface area contributed by atoms with Crippen molar-refractivity contribution in [1.82, 2.24) is 4.90 Å². The summed E-state index contributed by atoms with van der Waals surface area (Å²) < 4.78 is 24.6. The lowest BCUT2D eigenvalue weighted by Crippen LogP contribution is -2.29.